The minimum Gasteiger partial charge on any atom is -0.356 e. The molecule has 2 fully saturated rings. The summed E-state index contributed by atoms with van der Waals surface area (Å²) >= 11 is 0. The number of carbonyl (C=O) groups is 1. The molecule has 2 aliphatic heterocycles. The molecule has 6 heteroatoms. The van der Waals surface area contributed by atoms with Crippen molar-refractivity contribution >= 4 is 22.6 Å². The maximum atomic E-state index is 13.0. The molecule has 2 aromatic heterocycles. The highest BCUT2D eigenvalue weighted by Gasteiger charge is 2.42. The summed E-state index contributed by atoms with van der Waals surface area (Å²) in [4.78, 5) is 26.3. The number of aryl methyl sites for hydroxylation is 2. The van der Waals surface area contributed by atoms with Crippen molar-refractivity contribution in [3.05, 3.63) is 53.6 Å². The van der Waals surface area contributed by atoms with Crippen LogP contribution in [0.5, 0.6) is 0 Å². The van der Waals surface area contributed by atoms with E-state index in [4.69, 9.17) is 0 Å². The molecule has 0 saturated carbocycles. The van der Waals surface area contributed by atoms with E-state index in [1.807, 2.05) is 26.1 Å². The fraction of sp³-hybridized carbons (Fsp3) is 0.435. The first kappa shape index (κ1) is 18.2. The largest absolute Gasteiger partial charge is 0.356 e. The number of likely N-dealkylation sites (tertiary alicyclic amines) is 1. The summed E-state index contributed by atoms with van der Waals surface area (Å²) in [6, 6.07) is 8.31. The van der Waals surface area contributed by atoms with E-state index in [0.29, 0.717) is 18.3 Å². The number of hydrogen-bond acceptors (Lipinski definition) is 4. The highest BCUT2D eigenvalue weighted by atomic mass is 16.2. The van der Waals surface area contributed by atoms with Crippen LogP contribution in [0.25, 0.3) is 10.9 Å². The highest BCUT2D eigenvalue weighted by Crippen LogP contribution is 2.35. The van der Waals surface area contributed by atoms with E-state index in [-0.39, 0.29) is 5.91 Å². The van der Waals surface area contributed by atoms with E-state index < -0.39 is 0 Å². The Morgan fingerprint density at radius 1 is 1.07 bits per heavy atom. The Kier molecular flexibility index (Phi) is 4.30. The van der Waals surface area contributed by atoms with Crippen LogP contribution in [-0.4, -0.2) is 51.5 Å². The number of nitrogens with zero attached hydrogens (tertiary/aromatic N) is 5. The third-order valence-corrected chi connectivity index (χ3v) is 6.77. The molecule has 4 heterocycles. The van der Waals surface area contributed by atoms with Gasteiger partial charge < -0.3 is 14.4 Å². The molecule has 6 nitrogen and oxygen atoms in total. The smallest absolute Gasteiger partial charge is 0.227 e. The average molecular weight is 390 g/mol. The number of fused-ring (bicyclic) bond motifs is 2. The van der Waals surface area contributed by atoms with E-state index in [2.05, 4.69) is 49.6 Å². The second-order valence-corrected chi connectivity index (χ2v) is 8.59. The number of rotatable bonds is 3. The molecule has 2 atom stereocenters. The summed E-state index contributed by atoms with van der Waals surface area (Å²) < 4.78 is 2.11. The van der Waals surface area contributed by atoms with Gasteiger partial charge in [0.25, 0.3) is 0 Å². The van der Waals surface area contributed by atoms with Crippen LogP contribution in [0.2, 0.25) is 0 Å². The Balaban J connectivity index is 1.26. The Hall–Kier alpha value is -2.89. The van der Waals surface area contributed by atoms with Gasteiger partial charge in [0.2, 0.25) is 5.91 Å². The lowest BCUT2D eigenvalue weighted by molar-refractivity contribution is -0.129. The molecule has 0 radical (unpaired) electrons. The molecule has 1 amide bonds. The van der Waals surface area contributed by atoms with Gasteiger partial charge >= 0.3 is 0 Å². The topological polar surface area (TPSA) is 54.3 Å². The fourth-order valence-electron chi connectivity index (χ4n) is 5.06. The van der Waals surface area contributed by atoms with Gasteiger partial charge in [0.15, 0.2) is 0 Å². The molecule has 150 valence electrons. The number of aromatic nitrogens is 3. The van der Waals surface area contributed by atoms with E-state index >= 15 is 0 Å². The normalized spacial score (nSPS) is 21.2. The summed E-state index contributed by atoms with van der Waals surface area (Å²) in [7, 11) is 2.04. The van der Waals surface area contributed by atoms with Crippen LogP contribution < -0.4 is 4.90 Å². The first-order valence-corrected chi connectivity index (χ1v) is 10.3. The molecule has 0 spiro atoms. The van der Waals surface area contributed by atoms with Gasteiger partial charge in [0.1, 0.15) is 12.1 Å². The third-order valence-electron chi connectivity index (χ3n) is 6.77. The maximum absolute atomic E-state index is 13.0. The van der Waals surface area contributed by atoms with Crippen molar-refractivity contribution in [2.75, 3.05) is 31.1 Å². The first-order valence-electron chi connectivity index (χ1n) is 10.3. The van der Waals surface area contributed by atoms with E-state index in [1.165, 1.54) is 10.9 Å². The molecule has 0 bridgehead atoms. The Labute approximate surface area is 171 Å². The van der Waals surface area contributed by atoms with Crippen molar-refractivity contribution in [2.45, 2.75) is 20.3 Å². The van der Waals surface area contributed by atoms with E-state index in [1.54, 1.807) is 6.33 Å². The van der Waals surface area contributed by atoms with Gasteiger partial charge in [-0.15, -0.1) is 0 Å². The molecule has 29 heavy (non-hydrogen) atoms. The Morgan fingerprint density at radius 2 is 1.79 bits per heavy atom. The molecule has 0 aliphatic carbocycles. The van der Waals surface area contributed by atoms with Gasteiger partial charge in [0, 0.05) is 73.4 Å². The standard InChI is InChI=1S/C23H27N5O/c1-15-16(2)24-14-25-23(15)28-12-18-10-27(11-19(18)13-28)22(29)8-17-9-26(3)21-7-5-4-6-20(17)21/h4-7,9,14,18-19H,8,10-13H2,1-3H3. The second-order valence-electron chi connectivity index (χ2n) is 8.59. The third kappa shape index (κ3) is 3.07. The van der Waals surface area contributed by atoms with Crippen molar-refractivity contribution < 1.29 is 4.79 Å². The van der Waals surface area contributed by atoms with Crippen LogP contribution in [0, 0.1) is 25.7 Å². The molecule has 1 aromatic carbocycles. The molecule has 2 unspecified atom stereocenters. The second kappa shape index (κ2) is 6.87. The van der Waals surface area contributed by atoms with Crippen LogP contribution in [-0.2, 0) is 18.3 Å². The van der Waals surface area contributed by atoms with Crippen molar-refractivity contribution in [1.82, 2.24) is 19.4 Å². The van der Waals surface area contributed by atoms with Crippen molar-refractivity contribution in [2.24, 2.45) is 18.9 Å². The van der Waals surface area contributed by atoms with Crippen molar-refractivity contribution in [3.8, 4) is 0 Å². The van der Waals surface area contributed by atoms with Crippen LogP contribution in [0.1, 0.15) is 16.8 Å². The van der Waals surface area contributed by atoms with Gasteiger partial charge in [-0.1, -0.05) is 18.2 Å². The number of anilines is 1. The first-order chi connectivity index (χ1) is 14.0. The quantitative estimate of drug-likeness (QED) is 0.691. The predicted octanol–water partition coefficient (Wildman–Crippen LogP) is 2.72. The molecule has 2 aliphatic rings. The Morgan fingerprint density at radius 3 is 2.55 bits per heavy atom. The minimum absolute atomic E-state index is 0.247. The van der Waals surface area contributed by atoms with Crippen LogP contribution in [0.15, 0.2) is 36.8 Å². The number of para-hydroxylation sites is 1. The van der Waals surface area contributed by atoms with Gasteiger partial charge in [0.05, 0.1) is 6.42 Å². The zero-order valence-corrected chi connectivity index (χ0v) is 17.3. The molecule has 5 rings (SSSR count). The van der Waals surface area contributed by atoms with Crippen LogP contribution >= 0.6 is 0 Å². The fourth-order valence-corrected chi connectivity index (χ4v) is 5.06. The average Bonchev–Trinajstić information content (AvgIpc) is 3.37. The molecular weight excluding hydrogens is 362 g/mol. The SMILES string of the molecule is Cc1ncnc(N2CC3CN(C(=O)Cc4cn(C)c5ccccc45)CC3C2)c1C. The van der Waals surface area contributed by atoms with Gasteiger partial charge in [-0.2, -0.15) is 0 Å². The summed E-state index contributed by atoms with van der Waals surface area (Å²) in [6.07, 6.45) is 4.24. The lowest BCUT2D eigenvalue weighted by atomic mass is 10.0. The molecule has 0 N–H and O–H groups in total. The highest BCUT2D eigenvalue weighted by molar-refractivity contribution is 5.89. The summed E-state index contributed by atoms with van der Waals surface area (Å²) in [6.45, 7) is 7.78. The zero-order valence-electron chi connectivity index (χ0n) is 17.3. The number of carbonyl (C=O) groups excluding carboxylic acids is 1. The minimum atomic E-state index is 0.247. The van der Waals surface area contributed by atoms with Crippen LogP contribution in [0.3, 0.4) is 0 Å². The predicted molar refractivity (Wildman–Crippen MR) is 114 cm³/mol. The van der Waals surface area contributed by atoms with Crippen molar-refractivity contribution in [1.29, 1.82) is 0 Å². The summed E-state index contributed by atoms with van der Waals surface area (Å²) in [5.74, 6) is 2.36. The molecule has 2 saturated heterocycles. The Bertz CT molecular complexity index is 1070. The lowest BCUT2D eigenvalue weighted by Gasteiger charge is -2.24. The number of benzene rings is 1. The zero-order chi connectivity index (χ0) is 20.1. The monoisotopic (exact) mass is 389 g/mol. The number of amides is 1. The maximum Gasteiger partial charge on any atom is 0.227 e. The lowest BCUT2D eigenvalue weighted by Crippen LogP contribution is -2.34. The van der Waals surface area contributed by atoms with E-state index in [9.17, 15) is 4.79 Å². The van der Waals surface area contributed by atoms with Gasteiger partial charge in [-0.05, 0) is 25.5 Å². The van der Waals surface area contributed by atoms with E-state index in [0.717, 1.165) is 48.8 Å². The van der Waals surface area contributed by atoms with Gasteiger partial charge in [-0.3, -0.25) is 4.79 Å². The summed E-state index contributed by atoms with van der Waals surface area (Å²) in [5, 5.41) is 1.18. The van der Waals surface area contributed by atoms with Crippen molar-refractivity contribution in [3.63, 3.8) is 0 Å². The molecular formula is C23H27N5O. The number of hydrogen-bond donors (Lipinski definition) is 0. The summed E-state index contributed by atoms with van der Waals surface area (Å²) in [5.41, 5.74) is 4.51. The van der Waals surface area contributed by atoms with Gasteiger partial charge in [-0.25, -0.2) is 9.97 Å². The molecule has 3 aromatic rings. The van der Waals surface area contributed by atoms with Crippen LogP contribution in [0.4, 0.5) is 5.82 Å².